The average molecular weight is 397 g/mol. The summed E-state index contributed by atoms with van der Waals surface area (Å²) in [7, 11) is -3.42. The van der Waals surface area contributed by atoms with Gasteiger partial charge in [0, 0.05) is 24.9 Å². The predicted molar refractivity (Wildman–Crippen MR) is 103 cm³/mol. The molecule has 0 amide bonds. The second kappa shape index (κ2) is 7.87. The fourth-order valence-electron chi connectivity index (χ4n) is 2.72. The molecule has 1 saturated heterocycles. The Morgan fingerprint density at radius 2 is 1.64 bits per heavy atom. The molecule has 0 aromatic heterocycles. The van der Waals surface area contributed by atoms with Crippen LogP contribution < -0.4 is 0 Å². The van der Waals surface area contributed by atoms with Gasteiger partial charge in [0.05, 0.1) is 20.6 Å². The summed E-state index contributed by atoms with van der Waals surface area (Å²) in [5, 5.41) is 0.908. The van der Waals surface area contributed by atoms with Gasteiger partial charge in [0.15, 0.2) is 0 Å². The van der Waals surface area contributed by atoms with Gasteiger partial charge >= 0.3 is 0 Å². The van der Waals surface area contributed by atoms with Crippen molar-refractivity contribution >= 4 is 45.1 Å². The molecule has 7 heteroatoms. The van der Waals surface area contributed by atoms with E-state index in [1.165, 1.54) is 0 Å². The van der Waals surface area contributed by atoms with Gasteiger partial charge in [-0.1, -0.05) is 41.8 Å². The fraction of sp³-hybridized carbons (Fsp3) is 0.278. The van der Waals surface area contributed by atoms with E-state index in [9.17, 15) is 8.42 Å². The Kier molecular flexibility index (Phi) is 5.79. The van der Waals surface area contributed by atoms with Gasteiger partial charge in [0.2, 0.25) is 10.0 Å². The Morgan fingerprint density at radius 1 is 0.960 bits per heavy atom. The van der Waals surface area contributed by atoms with Crippen molar-refractivity contribution in [3.8, 4) is 0 Å². The zero-order chi connectivity index (χ0) is 17.9. The summed E-state index contributed by atoms with van der Waals surface area (Å²) in [6.45, 7) is 1.19. The van der Waals surface area contributed by atoms with Crippen LogP contribution in [0.5, 0.6) is 0 Å². The van der Waals surface area contributed by atoms with Crippen LogP contribution in [0.25, 0.3) is 0 Å². The first-order valence-corrected chi connectivity index (χ1v) is 10.3. The van der Waals surface area contributed by atoms with Gasteiger partial charge in [-0.3, -0.25) is 4.99 Å². The SMILES string of the molecule is O=S(=O)(c1ccc(N=Cc2cccc(Cl)c2Cl)cc1)N1CCCCC1. The number of nitrogens with zero attached hydrogens (tertiary/aromatic N) is 2. The molecule has 0 N–H and O–H groups in total. The van der Waals surface area contributed by atoms with Crippen LogP contribution in [0.2, 0.25) is 10.0 Å². The minimum atomic E-state index is -3.42. The molecular formula is C18H18Cl2N2O2S. The number of sulfonamides is 1. The molecule has 0 aliphatic carbocycles. The molecule has 1 aliphatic rings. The molecule has 2 aromatic carbocycles. The maximum Gasteiger partial charge on any atom is 0.243 e. The summed E-state index contributed by atoms with van der Waals surface area (Å²) < 4.78 is 26.8. The number of aliphatic imine (C=N–C) groups is 1. The van der Waals surface area contributed by atoms with Gasteiger partial charge in [-0.25, -0.2) is 8.42 Å². The van der Waals surface area contributed by atoms with E-state index in [0.29, 0.717) is 39.3 Å². The topological polar surface area (TPSA) is 49.7 Å². The molecular weight excluding hydrogens is 379 g/mol. The molecule has 0 spiro atoms. The molecule has 1 fully saturated rings. The average Bonchev–Trinajstić information content (AvgIpc) is 2.64. The van der Waals surface area contributed by atoms with E-state index >= 15 is 0 Å². The minimum absolute atomic E-state index is 0.300. The smallest absolute Gasteiger partial charge is 0.243 e. The molecule has 0 saturated carbocycles. The fourth-order valence-corrected chi connectivity index (χ4v) is 4.60. The maximum absolute atomic E-state index is 12.6. The molecule has 1 heterocycles. The van der Waals surface area contributed by atoms with Crippen LogP contribution in [0, 0.1) is 0 Å². The van der Waals surface area contributed by atoms with Gasteiger partial charge in [0.1, 0.15) is 0 Å². The summed E-state index contributed by atoms with van der Waals surface area (Å²) in [4.78, 5) is 4.64. The Morgan fingerprint density at radius 3 is 2.32 bits per heavy atom. The number of hydrogen-bond acceptors (Lipinski definition) is 3. The lowest BCUT2D eigenvalue weighted by Crippen LogP contribution is -2.35. The second-order valence-corrected chi connectivity index (χ2v) is 8.58. The van der Waals surface area contributed by atoms with Crippen LogP contribution in [0.15, 0.2) is 52.4 Å². The van der Waals surface area contributed by atoms with Crippen molar-refractivity contribution in [1.82, 2.24) is 4.31 Å². The highest BCUT2D eigenvalue weighted by Gasteiger charge is 2.25. The zero-order valence-electron chi connectivity index (χ0n) is 13.5. The summed E-state index contributed by atoms with van der Waals surface area (Å²) in [6.07, 6.45) is 4.54. The van der Waals surface area contributed by atoms with Crippen LogP contribution in [-0.4, -0.2) is 32.0 Å². The number of hydrogen-bond donors (Lipinski definition) is 0. The number of benzene rings is 2. The molecule has 25 heavy (non-hydrogen) atoms. The van der Waals surface area contributed by atoms with Crippen LogP contribution in [0.1, 0.15) is 24.8 Å². The zero-order valence-corrected chi connectivity index (χ0v) is 15.9. The Balaban J connectivity index is 1.78. The van der Waals surface area contributed by atoms with Crippen molar-refractivity contribution in [3.63, 3.8) is 0 Å². The van der Waals surface area contributed by atoms with Crippen molar-refractivity contribution in [2.24, 2.45) is 4.99 Å². The van der Waals surface area contributed by atoms with E-state index in [-0.39, 0.29) is 0 Å². The molecule has 1 aliphatic heterocycles. The first kappa shape index (κ1) is 18.4. The molecule has 0 unspecified atom stereocenters. The Labute approximate surface area is 158 Å². The lowest BCUT2D eigenvalue weighted by Gasteiger charge is -2.25. The van der Waals surface area contributed by atoms with Crippen LogP contribution in [0.4, 0.5) is 5.69 Å². The van der Waals surface area contributed by atoms with Gasteiger partial charge in [-0.05, 0) is 43.2 Å². The summed E-state index contributed by atoms with van der Waals surface area (Å²) >= 11 is 12.1. The highest BCUT2D eigenvalue weighted by molar-refractivity contribution is 7.89. The summed E-state index contributed by atoms with van der Waals surface area (Å²) in [6, 6.07) is 11.9. The maximum atomic E-state index is 12.6. The van der Waals surface area contributed by atoms with Crippen LogP contribution in [-0.2, 0) is 10.0 Å². The molecule has 0 atom stereocenters. The third-order valence-electron chi connectivity index (χ3n) is 4.12. The van der Waals surface area contributed by atoms with Gasteiger partial charge in [-0.15, -0.1) is 0 Å². The van der Waals surface area contributed by atoms with Crippen molar-refractivity contribution in [2.45, 2.75) is 24.2 Å². The van der Waals surface area contributed by atoms with E-state index in [4.69, 9.17) is 23.2 Å². The number of rotatable bonds is 4. The number of piperidine rings is 1. The van der Waals surface area contributed by atoms with Crippen LogP contribution in [0.3, 0.4) is 0 Å². The lowest BCUT2D eigenvalue weighted by molar-refractivity contribution is 0.346. The standard InChI is InChI=1S/C18H18Cl2N2O2S/c19-17-6-4-5-14(18(17)20)13-21-15-7-9-16(10-8-15)25(23,24)22-11-2-1-3-12-22/h4-10,13H,1-3,11-12H2. The van der Waals surface area contributed by atoms with E-state index in [0.717, 1.165) is 19.3 Å². The first-order valence-electron chi connectivity index (χ1n) is 8.07. The van der Waals surface area contributed by atoms with E-state index in [1.54, 1.807) is 46.9 Å². The number of halogens is 2. The molecule has 0 radical (unpaired) electrons. The quantitative estimate of drug-likeness (QED) is 0.688. The van der Waals surface area contributed by atoms with Gasteiger partial charge in [-0.2, -0.15) is 4.31 Å². The van der Waals surface area contributed by atoms with Crippen molar-refractivity contribution < 1.29 is 8.42 Å². The third kappa shape index (κ3) is 4.23. The second-order valence-electron chi connectivity index (χ2n) is 5.86. The summed E-state index contributed by atoms with van der Waals surface area (Å²) in [5.41, 5.74) is 1.35. The highest BCUT2D eigenvalue weighted by Crippen LogP contribution is 2.26. The third-order valence-corrected chi connectivity index (χ3v) is 6.87. The Hall–Kier alpha value is -1.40. The molecule has 2 aromatic rings. The monoisotopic (exact) mass is 396 g/mol. The van der Waals surface area contributed by atoms with Crippen LogP contribution >= 0.6 is 23.2 Å². The van der Waals surface area contributed by atoms with E-state index in [1.807, 2.05) is 6.07 Å². The molecule has 0 bridgehead atoms. The van der Waals surface area contributed by atoms with Gasteiger partial charge < -0.3 is 0 Å². The van der Waals surface area contributed by atoms with E-state index in [2.05, 4.69) is 4.99 Å². The normalized spacial score (nSPS) is 16.4. The largest absolute Gasteiger partial charge is 0.256 e. The molecule has 3 rings (SSSR count). The molecule has 4 nitrogen and oxygen atoms in total. The van der Waals surface area contributed by atoms with E-state index < -0.39 is 10.0 Å². The van der Waals surface area contributed by atoms with Crippen molar-refractivity contribution in [2.75, 3.05) is 13.1 Å². The lowest BCUT2D eigenvalue weighted by atomic mass is 10.2. The Bertz CT molecular complexity index is 874. The predicted octanol–water partition coefficient (Wildman–Crippen LogP) is 4.92. The molecule has 132 valence electrons. The van der Waals surface area contributed by atoms with Crippen molar-refractivity contribution in [1.29, 1.82) is 0 Å². The highest BCUT2D eigenvalue weighted by atomic mass is 35.5. The first-order chi connectivity index (χ1) is 12.0. The minimum Gasteiger partial charge on any atom is -0.256 e. The summed E-state index contributed by atoms with van der Waals surface area (Å²) in [5.74, 6) is 0. The van der Waals surface area contributed by atoms with Crippen molar-refractivity contribution in [3.05, 3.63) is 58.1 Å². The van der Waals surface area contributed by atoms with Gasteiger partial charge in [0.25, 0.3) is 0 Å².